The van der Waals surface area contributed by atoms with E-state index in [2.05, 4.69) is 5.32 Å². The molecule has 0 atom stereocenters. The first-order chi connectivity index (χ1) is 6.27. The molecule has 2 N–H and O–H groups in total. The molecule has 0 fully saturated rings. The van der Waals surface area contributed by atoms with Gasteiger partial charge in [0.25, 0.3) is 0 Å². The Morgan fingerprint density at radius 2 is 2.31 bits per heavy atom. The Hall–Kier alpha value is -1.29. The number of methoxy groups -OCH3 is 1. The summed E-state index contributed by atoms with van der Waals surface area (Å²) in [6, 6.07) is 4.56. The molecule has 0 bridgehead atoms. The van der Waals surface area contributed by atoms with Gasteiger partial charge >= 0.3 is 0 Å². The van der Waals surface area contributed by atoms with Crippen LogP contribution in [0.5, 0.6) is 5.75 Å². The zero-order valence-electron chi connectivity index (χ0n) is 7.38. The topological polar surface area (TPSA) is 41.5 Å². The predicted octanol–water partition coefficient (Wildman–Crippen LogP) is 1.24. The zero-order chi connectivity index (χ0) is 9.68. The number of halogens is 1. The third-order valence-electron chi connectivity index (χ3n) is 1.59. The number of anilines is 1. The average molecular weight is 185 g/mol. The fraction of sp³-hybridized carbons (Fsp3) is 0.333. The number of hydrogen-bond donors (Lipinski definition) is 2. The summed E-state index contributed by atoms with van der Waals surface area (Å²) in [7, 11) is 1.42. The SMILES string of the molecule is COc1ccc(NCCO)cc1F. The summed E-state index contributed by atoms with van der Waals surface area (Å²) in [5.74, 6) is -0.194. The van der Waals surface area contributed by atoms with Gasteiger partial charge in [-0.15, -0.1) is 0 Å². The maximum absolute atomic E-state index is 13.1. The van der Waals surface area contributed by atoms with Crippen molar-refractivity contribution in [1.82, 2.24) is 0 Å². The molecule has 0 saturated carbocycles. The summed E-state index contributed by atoms with van der Waals surface area (Å²) in [6.07, 6.45) is 0. The van der Waals surface area contributed by atoms with Crippen molar-refractivity contribution in [1.29, 1.82) is 0 Å². The lowest BCUT2D eigenvalue weighted by Crippen LogP contribution is -2.05. The van der Waals surface area contributed by atoms with Crippen LogP contribution < -0.4 is 10.1 Å². The molecule has 0 radical (unpaired) electrons. The smallest absolute Gasteiger partial charge is 0.167 e. The van der Waals surface area contributed by atoms with Gasteiger partial charge in [0.1, 0.15) is 0 Å². The quantitative estimate of drug-likeness (QED) is 0.741. The minimum absolute atomic E-state index is 0.0215. The lowest BCUT2D eigenvalue weighted by atomic mass is 10.3. The molecule has 72 valence electrons. The van der Waals surface area contributed by atoms with Crippen molar-refractivity contribution in [3.05, 3.63) is 24.0 Å². The van der Waals surface area contributed by atoms with Crippen LogP contribution in [0.4, 0.5) is 10.1 Å². The third kappa shape index (κ3) is 2.59. The Kier molecular flexibility index (Phi) is 3.52. The molecule has 0 saturated heterocycles. The van der Waals surface area contributed by atoms with Gasteiger partial charge < -0.3 is 15.2 Å². The van der Waals surface area contributed by atoms with Crippen LogP contribution in [0.1, 0.15) is 0 Å². The molecular formula is C9H12FNO2. The van der Waals surface area contributed by atoms with Gasteiger partial charge in [0, 0.05) is 18.3 Å². The molecule has 0 heterocycles. The van der Waals surface area contributed by atoms with Gasteiger partial charge in [-0.2, -0.15) is 0 Å². The molecule has 0 aromatic heterocycles. The number of aliphatic hydroxyl groups excluding tert-OH is 1. The van der Waals surface area contributed by atoms with E-state index >= 15 is 0 Å². The van der Waals surface area contributed by atoms with Crippen molar-refractivity contribution in [3.63, 3.8) is 0 Å². The second-order valence-corrected chi connectivity index (χ2v) is 2.50. The van der Waals surface area contributed by atoms with Crippen molar-refractivity contribution in [2.24, 2.45) is 0 Å². The number of hydrogen-bond acceptors (Lipinski definition) is 3. The molecule has 0 spiro atoms. The molecule has 1 aromatic rings. The van der Waals surface area contributed by atoms with E-state index in [4.69, 9.17) is 9.84 Å². The van der Waals surface area contributed by atoms with Gasteiger partial charge in [0.05, 0.1) is 13.7 Å². The fourth-order valence-corrected chi connectivity index (χ4v) is 0.977. The Labute approximate surface area is 76.1 Å². The molecule has 1 rings (SSSR count). The van der Waals surface area contributed by atoms with E-state index in [9.17, 15) is 4.39 Å². The maximum atomic E-state index is 13.1. The van der Waals surface area contributed by atoms with E-state index in [0.717, 1.165) is 0 Å². The van der Waals surface area contributed by atoms with Crippen LogP contribution in [0.25, 0.3) is 0 Å². The highest BCUT2D eigenvalue weighted by Gasteiger charge is 2.01. The van der Waals surface area contributed by atoms with Crippen LogP contribution in [0.3, 0.4) is 0 Å². The zero-order valence-corrected chi connectivity index (χ0v) is 7.38. The summed E-state index contributed by atoms with van der Waals surface area (Å²) in [5.41, 5.74) is 0.632. The fourth-order valence-electron chi connectivity index (χ4n) is 0.977. The van der Waals surface area contributed by atoms with Crippen LogP contribution in [0.15, 0.2) is 18.2 Å². The third-order valence-corrected chi connectivity index (χ3v) is 1.59. The second kappa shape index (κ2) is 4.67. The Bertz CT molecular complexity index is 278. The molecule has 3 nitrogen and oxygen atoms in total. The van der Waals surface area contributed by atoms with Crippen molar-refractivity contribution < 1.29 is 14.2 Å². The van der Waals surface area contributed by atoms with E-state index in [0.29, 0.717) is 12.2 Å². The average Bonchev–Trinajstić information content (AvgIpc) is 2.15. The van der Waals surface area contributed by atoms with E-state index in [1.807, 2.05) is 0 Å². The van der Waals surface area contributed by atoms with Crippen LogP contribution in [0.2, 0.25) is 0 Å². The lowest BCUT2D eigenvalue weighted by molar-refractivity contribution is 0.311. The second-order valence-electron chi connectivity index (χ2n) is 2.50. The molecule has 13 heavy (non-hydrogen) atoms. The highest BCUT2D eigenvalue weighted by Crippen LogP contribution is 2.20. The maximum Gasteiger partial charge on any atom is 0.167 e. The molecular weight excluding hydrogens is 173 g/mol. The molecule has 0 aliphatic heterocycles. The number of ether oxygens (including phenoxy) is 1. The minimum Gasteiger partial charge on any atom is -0.494 e. The summed E-state index contributed by atoms with van der Waals surface area (Å²) in [5, 5.41) is 11.4. The van der Waals surface area contributed by atoms with Gasteiger partial charge in [0.15, 0.2) is 11.6 Å². The Morgan fingerprint density at radius 1 is 1.54 bits per heavy atom. The van der Waals surface area contributed by atoms with Gasteiger partial charge in [-0.05, 0) is 12.1 Å². The summed E-state index contributed by atoms with van der Waals surface area (Å²) >= 11 is 0. The molecule has 4 heteroatoms. The lowest BCUT2D eigenvalue weighted by Gasteiger charge is -2.06. The van der Waals surface area contributed by atoms with Crippen molar-refractivity contribution in [2.75, 3.05) is 25.6 Å². The van der Waals surface area contributed by atoms with Gasteiger partial charge in [0.2, 0.25) is 0 Å². The van der Waals surface area contributed by atoms with Crippen molar-refractivity contribution in [2.45, 2.75) is 0 Å². The predicted molar refractivity (Wildman–Crippen MR) is 48.5 cm³/mol. The van der Waals surface area contributed by atoms with Crippen LogP contribution in [-0.4, -0.2) is 25.4 Å². The van der Waals surface area contributed by atoms with E-state index in [-0.39, 0.29) is 12.4 Å². The summed E-state index contributed by atoms with van der Waals surface area (Å²) in [4.78, 5) is 0. The Morgan fingerprint density at radius 3 is 2.85 bits per heavy atom. The van der Waals surface area contributed by atoms with Gasteiger partial charge in [-0.1, -0.05) is 0 Å². The molecule has 0 aliphatic carbocycles. The number of benzene rings is 1. The monoisotopic (exact) mass is 185 g/mol. The summed E-state index contributed by atoms with van der Waals surface area (Å²) < 4.78 is 17.8. The molecule has 0 aliphatic rings. The van der Waals surface area contributed by atoms with Gasteiger partial charge in [-0.3, -0.25) is 0 Å². The van der Waals surface area contributed by atoms with Crippen molar-refractivity contribution in [3.8, 4) is 5.75 Å². The summed E-state index contributed by atoms with van der Waals surface area (Å²) in [6.45, 7) is 0.430. The number of nitrogens with one attached hydrogen (secondary N) is 1. The van der Waals surface area contributed by atoms with Crippen LogP contribution in [-0.2, 0) is 0 Å². The van der Waals surface area contributed by atoms with Crippen LogP contribution >= 0.6 is 0 Å². The van der Waals surface area contributed by atoms with E-state index in [1.165, 1.54) is 19.2 Å². The molecule has 0 unspecified atom stereocenters. The minimum atomic E-state index is -0.412. The van der Waals surface area contributed by atoms with E-state index < -0.39 is 5.82 Å². The molecule has 1 aromatic carbocycles. The van der Waals surface area contributed by atoms with E-state index in [1.54, 1.807) is 6.07 Å². The van der Waals surface area contributed by atoms with Gasteiger partial charge in [-0.25, -0.2) is 4.39 Å². The highest BCUT2D eigenvalue weighted by molar-refractivity contribution is 5.47. The van der Waals surface area contributed by atoms with Crippen molar-refractivity contribution >= 4 is 5.69 Å². The normalized spacial score (nSPS) is 9.77. The highest BCUT2D eigenvalue weighted by atomic mass is 19.1. The number of aliphatic hydroxyl groups is 1. The first kappa shape index (κ1) is 9.80. The molecule has 0 amide bonds. The Balaban J connectivity index is 2.71. The number of rotatable bonds is 4. The first-order valence-corrected chi connectivity index (χ1v) is 3.96. The van der Waals surface area contributed by atoms with Crippen LogP contribution in [0, 0.1) is 5.82 Å². The standard InChI is InChI=1S/C9H12FNO2/c1-13-9-3-2-7(6-8(9)10)11-4-5-12/h2-3,6,11-12H,4-5H2,1H3. The first-order valence-electron chi connectivity index (χ1n) is 3.96. The largest absolute Gasteiger partial charge is 0.494 e.